The summed E-state index contributed by atoms with van der Waals surface area (Å²) in [5, 5.41) is 3.40. The molecule has 146 valence electrons. The minimum absolute atomic E-state index is 0.186. The number of hydrogen-bond acceptors (Lipinski definition) is 4. The maximum atomic E-state index is 12.6. The number of carbonyl (C=O) groups is 2. The van der Waals surface area contributed by atoms with Gasteiger partial charge in [-0.05, 0) is 52.2 Å². The lowest BCUT2D eigenvalue weighted by molar-refractivity contribution is 0.100. The first-order valence-corrected chi connectivity index (χ1v) is 10.6. The van der Waals surface area contributed by atoms with E-state index in [2.05, 4.69) is 53.9 Å². The standard InChI is InChI=1S/C20H26BrN3O2S/c1-5-6-14-15(7-8-20(2,3)4)27-19(16(14)17(22)25)24-18(26)12-9-13(21)11-23-10-12/h9-11H,5-8H2,1-4H3,(H2,22,25)(H,24,26). The van der Waals surface area contributed by atoms with Gasteiger partial charge in [0.25, 0.3) is 11.8 Å². The van der Waals surface area contributed by atoms with Gasteiger partial charge in [-0.2, -0.15) is 0 Å². The maximum absolute atomic E-state index is 12.6. The molecule has 3 N–H and O–H groups in total. The summed E-state index contributed by atoms with van der Waals surface area (Å²) in [5.41, 5.74) is 7.70. The zero-order valence-electron chi connectivity index (χ0n) is 16.2. The second-order valence-electron chi connectivity index (χ2n) is 7.73. The van der Waals surface area contributed by atoms with E-state index in [9.17, 15) is 9.59 Å². The van der Waals surface area contributed by atoms with Gasteiger partial charge in [-0.15, -0.1) is 11.3 Å². The smallest absolute Gasteiger partial charge is 0.257 e. The highest BCUT2D eigenvalue weighted by molar-refractivity contribution is 9.10. The maximum Gasteiger partial charge on any atom is 0.257 e. The lowest BCUT2D eigenvalue weighted by atomic mass is 9.89. The lowest BCUT2D eigenvalue weighted by Crippen LogP contribution is -2.18. The molecular formula is C20H26BrN3O2S. The SMILES string of the molecule is CCCc1c(CCC(C)(C)C)sc(NC(=O)c2cncc(Br)c2)c1C(N)=O. The Morgan fingerprint density at radius 3 is 2.52 bits per heavy atom. The first-order chi connectivity index (χ1) is 12.6. The van der Waals surface area contributed by atoms with Crippen LogP contribution in [0.4, 0.5) is 5.00 Å². The summed E-state index contributed by atoms with van der Waals surface area (Å²) < 4.78 is 0.717. The van der Waals surface area contributed by atoms with E-state index in [-0.39, 0.29) is 11.3 Å². The number of aryl methyl sites for hydroxylation is 1. The van der Waals surface area contributed by atoms with Crippen molar-refractivity contribution < 1.29 is 9.59 Å². The molecule has 2 aromatic heterocycles. The number of anilines is 1. The Morgan fingerprint density at radius 1 is 1.26 bits per heavy atom. The Morgan fingerprint density at radius 2 is 1.96 bits per heavy atom. The molecule has 0 radical (unpaired) electrons. The van der Waals surface area contributed by atoms with Crippen LogP contribution in [-0.4, -0.2) is 16.8 Å². The Hall–Kier alpha value is -1.73. The number of nitrogens with zero attached hydrogens (tertiary/aromatic N) is 1. The van der Waals surface area contributed by atoms with Crippen LogP contribution in [0.15, 0.2) is 22.9 Å². The summed E-state index contributed by atoms with van der Waals surface area (Å²) in [4.78, 5) is 29.9. The van der Waals surface area contributed by atoms with E-state index >= 15 is 0 Å². The van der Waals surface area contributed by atoms with Gasteiger partial charge in [0.2, 0.25) is 0 Å². The van der Waals surface area contributed by atoms with Crippen molar-refractivity contribution >= 4 is 44.1 Å². The van der Waals surface area contributed by atoms with E-state index in [4.69, 9.17) is 5.73 Å². The number of carbonyl (C=O) groups excluding carboxylic acids is 2. The molecule has 2 amide bonds. The van der Waals surface area contributed by atoms with Gasteiger partial charge in [-0.3, -0.25) is 14.6 Å². The third-order valence-corrected chi connectivity index (χ3v) is 5.77. The van der Waals surface area contributed by atoms with E-state index in [1.807, 2.05) is 0 Å². The van der Waals surface area contributed by atoms with Gasteiger partial charge in [0.1, 0.15) is 5.00 Å². The fourth-order valence-corrected chi connectivity index (χ4v) is 4.39. The zero-order chi connectivity index (χ0) is 20.2. The largest absolute Gasteiger partial charge is 0.365 e. The normalized spacial score (nSPS) is 11.4. The topological polar surface area (TPSA) is 85.1 Å². The van der Waals surface area contributed by atoms with Crippen LogP contribution < -0.4 is 11.1 Å². The first kappa shape index (κ1) is 21.6. The molecule has 0 unspecified atom stereocenters. The molecule has 5 nitrogen and oxygen atoms in total. The molecular weight excluding hydrogens is 426 g/mol. The Labute approximate surface area is 172 Å². The number of halogens is 1. The predicted molar refractivity (Wildman–Crippen MR) is 114 cm³/mol. The first-order valence-electron chi connectivity index (χ1n) is 8.98. The van der Waals surface area contributed by atoms with Crippen LogP contribution in [-0.2, 0) is 12.8 Å². The van der Waals surface area contributed by atoms with Crippen LogP contribution in [0, 0.1) is 5.41 Å². The van der Waals surface area contributed by atoms with E-state index < -0.39 is 5.91 Å². The van der Waals surface area contributed by atoms with Crippen molar-refractivity contribution in [3.05, 3.63) is 44.5 Å². The zero-order valence-corrected chi connectivity index (χ0v) is 18.6. The van der Waals surface area contributed by atoms with Crippen LogP contribution >= 0.6 is 27.3 Å². The number of primary amides is 1. The van der Waals surface area contributed by atoms with Gasteiger partial charge in [-0.25, -0.2) is 0 Å². The van der Waals surface area contributed by atoms with E-state index in [1.54, 1.807) is 12.3 Å². The third kappa shape index (κ3) is 5.87. The molecule has 0 bridgehead atoms. The van der Waals surface area contributed by atoms with Gasteiger partial charge in [-0.1, -0.05) is 34.1 Å². The van der Waals surface area contributed by atoms with Crippen LogP contribution in [0.25, 0.3) is 0 Å². The highest BCUT2D eigenvalue weighted by Gasteiger charge is 2.24. The monoisotopic (exact) mass is 451 g/mol. The molecule has 0 atom stereocenters. The van der Waals surface area contributed by atoms with Gasteiger partial charge in [0, 0.05) is 21.7 Å². The molecule has 0 saturated carbocycles. The molecule has 27 heavy (non-hydrogen) atoms. The highest BCUT2D eigenvalue weighted by atomic mass is 79.9. The summed E-state index contributed by atoms with van der Waals surface area (Å²) in [6.07, 6.45) is 6.63. The Kier molecular flexibility index (Phi) is 7.17. The fourth-order valence-electron chi connectivity index (χ4n) is 2.78. The molecule has 0 aliphatic heterocycles. The van der Waals surface area contributed by atoms with E-state index in [0.29, 0.717) is 20.6 Å². The Balaban J connectivity index is 2.39. The number of aromatic nitrogens is 1. The van der Waals surface area contributed by atoms with Gasteiger partial charge in [0.15, 0.2) is 0 Å². The molecule has 0 aliphatic carbocycles. The summed E-state index contributed by atoms with van der Waals surface area (Å²) in [7, 11) is 0. The van der Waals surface area contributed by atoms with Crippen molar-refractivity contribution in [3.8, 4) is 0 Å². The van der Waals surface area contributed by atoms with E-state index in [1.165, 1.54) is 17.5 Å². The summed E-state index contributed by atoms with van der Waals surface area (Å²) >= 11 is 4.77. The van der Waals surface area contributed by atoms with Crippen molar-refractivity contribution in [1.29, 1.82) is 0 Å². The van der Waals surface area contributed by atoms with Gasteiger partial charge >= 0.3 is 0 Å². The fraction of sp³-hybridized carbons (Fsp3) is 0.450. The second kappa shape index (κ2) is 8.97. The number of hydrogen-bond donors (Lipinski definition) is 2. The minimum Gasteiger partial charge on any atom is -0.365 e. The molecule has 0 saturated heterocycles. The quantitative estimate of drug-likeness (QED) is 0.607. The summed E-state index contributed by atoms with van der Waals surface area (Å²) in [6.45, 7) is 8.65. The van der Waals surface area contributed by atoms with Crippen LogP contribution in [0.1, 0.15) is 71.7 Å². The lowest BCUT2D eigenvalue weighted by Gasteiger charge is -2.17. The number of nitrogens with one attached hydrogen (secondary N) is 1. The van der Waals surface area contributed by atoms with Crippen molar-refractivity contribution in [2.24, 2.45) is 11.1 Å². The van der Waals surface area contributed by atoms with Crippen molar-refractivity contribution in [3.63, 3.8) is 0 Å². The highest BCUT2D eigenvalue weighted by Crippen LogP contribution is 2.37. The number of thiophene rings is 1. The minimum atomic E-state index is -0.501. The van der Waals surface area contributed by atoms with Gasteiger partial charge in [0.05, 0.1) is 11.1 Å². The molecule has 2 rings (SSSR count). The number of rotatable bonds is 7. The van der Waals surface area contributed by atoms with Crippen molar-refractivity contribution in [2.45, 2.75) is 53.4 Å². The summed E-state index contributed by atoms with van der Waals surface area (Å²) in [5.74, 6) is -0.808. The molecule has 2 heterocycles. The second-order valence-corrected chi connectivity index (χ2v) is 9.75. The van der Waals surface area contributed by atoms with Crippen LogP contribution in [0.3, 0.4) is 0 Å². The molecule has 2 aromatic rings. The molecule has 0 aliphatic rings. The molecule has 0 aromatic carbocycles. The average molecular weight is 452 g/mol. The number of amides is 2. The van der Waals surface area contributed by atoms with E-state index in [0.717, 1.165) is 36.1 Å². The van der Waals surface area contributed by atoms with Crippen molar-refractivity contribution in [2.75, 3.05) is 5.32 Å². The number of pyridine rings is 1. The molecule has 0 fully saturated rings. The summed E-state index contributed by atoms with van der Waals surface area (Å²) in [6, 6.07) is 1.69. The third-order valence-electron chi connectivity index (χ3n) is 4.13. The Bertz CT molecular complexity index is 840. The van der Waals surface area contributed by atoms with Crippen molar-refractivity contribution in [1.82, 2.24) is 4.98 Å². The van der Waals surface area contributed by atoms with Gasteiger partial charge < -0.3 is 11.1 Å². The average Bonchev–Trinajstić information content (AvgIpc) is 2.90. The van der Waals surface area contributed by atoms with Crippen LogP contribution in [0.5, 0.6) is 0 Å². The van der Waals surface area contributed by atoms with Crippen LogP contribution in [0.2, 0.25) is 0 Å². The number of nitrogens with two attached hydrogens (primary N) is 1. The molecule has 7 heteroatoms. The molecule has 0 spiro atoms. The predicted octanol–water partition coefficient (Wildman–Crippen LogP) is 5.19.